The number of likely N-dealkylation sites (tertiary alicyclic amines) is 1. The van der Waals surface area contributed by atoms with Crippen LogP contribution in [0.25, 0.3) is 0 Å². The van der Waals surface area contributed by atoms with E-state index in [-0.39, 0.29) is 0 Å². The number of hydrogen-bond donors (Lipinski definition) is 0. The second kappa shape index (κ2) is 9.53. The zero-order valence-corrected chi connectivity index (χ0v) is 18.6. The number of benzene rings is 3. The molecule has 0 amide bonds. The molecule has 1 atom stereocenters. The van der Waals surface area contributed by atoms with Gasteiger partial charge in [0, 0.05) is 30.4 Å². The number of ether oxygens (including phenoxy) is 3. The van der Waals surface area contributed by atoms with Crippen LogP contribution in [0.1, 0.15) is 18.4 Å². The summed E-state index contributed by atoms with van der Waals surface area (Å²) in [6, 6.07) is 25.3. The van der Waals surface area contributed by atoms with Crippen molar-refractivity contribution in [2.24, 2.45) is 0 Å². The summed E-state index contributed by atoms with van der Waals surface area (Å²) in [5.74, 6) is 2.68. The Labute approximate surface area is 190 Å². The summed E-state index contributed by atoms with van der Waals surface area (Å²) in [7, 11) is 1.68. The third-order valence-corrected chi connectivity index (χ3v) is 6.42. The van der Waals surface area contributed by atoms with E-state index in [9.17, 15) is 0 Å². The molecule has 0 aromatic heterocycles. The van der Waals surface area contributed by atoms with Gasteiger partial charge >= 0.3 is 0 Å². The summed E-state index contributed by atoms with van der Waals surface area (Å²) in [5, 5.41) is 0. The maximum atomic E-state index is 6.14. The number of anilines is 2. The molecule has 32 heavy (non-hydrogen) atoms. The van der Waals surface area contributed by atoms with Gasteiger partial charge in [0.15, 0.2) is 0 Å². The zero-order chi connectivity index (χ0) is 21.8. The van der Waals surface area contributed by atoms with E-state index in [1.807, 2.05) is 30.3 Å². The minimum atomic E-state index is 0.480. The average molecular weight is 431 g/mol. The molecule has 2 heterocycles. The first kappa shape index (κ1) is 20.7. The summed E-state index contributed by atoms with van der Waals surface area (Å²) in [4.78, 5) is 5.02. The van der Waals surface area contributed by atoms with E-state index in [4.69, 9.17) is 14.2 Å². The van der Waals surface area contributed by atoms with E-state index in [0.29, 0.717) is 19.3 Å². The Morgan fingerprint density at radius 3 is 2.50 bits per heavy atom. The van der Waals surface area contributed by atoms with Gasteiger partial charge in [-0.25, -0.2) is 0 Å². The molecule has 5 heteroatoms. The van der Waals surface area contributed by atoms with E-state index in [1.165, 1.54) is 24.1 Å². The molecule has 2 aliphatic rings. The van der Waals surface area contributed by atoms with Gasteiger partial charge in [0.05, 0.1) is 12.8 Å². The van der Waals surface area contributed by atoms with Gasteiger partial charge in [0.2, 0.25) is 0 Å². The van der Waals surface area contributed by atoms with Gasteiger partial charge in [-0.1, -0.05) is 30.3 Å². The number of rotatable bonds is 7. The SMILES string of the molecule is COc1ccc(OCCN2CCC[C@@H]2CN2c3ccccc3COc3ccccc32)cc1. The van der Waals surface area contributed by atoms with Gasteiger partial charge in [0.25, 0.3) is 0 Å². The van der Waals surface area contributed by atoms with E-state index in [1.54, 1.807) is 7.11 Å². The Morgan fingerprint density at radius 1 is 0.906 bits per heavy atom. The molecule has 3 aromatic carbocycles. The summed E-state index contributed by atoms with van der Waals surface area (Å²) in [5.41, 5.74) is 3.63. The van der Waals surface area contributed by atoms with Crippen molar-refractivity contribution in [1.29, 1.82) is 0 Å². The topological polar surface area (TPSA) is 34.2 Å². The first-order valence-corrected chi connectivity index (χ1v) is 11.4. The van der Waals surface area contributed by atoms with Crippen LogP contribution in [0.15, 0.2) is 72.8 Å². The standard InChI is InChI=1S/C27H30N2O3/c1-30-23-12-14-24(15-13-23)31-18-17-28-16-6-8-22(28)19-29-25-9-3-2-7-21(25)20-32-27-11-5-4-10-26(27)29/h2-5,7,9-15,22H,6,8,16-20H2,1H3/t22-/m1/s1. The molecule has 1 saturated heterocycles. The Morgan fingerprint density at radius 2 is 1.66 bits per heavy atom. The molecule has 0 radical (unpaired) electrons. The van der Waals surface area contributed by atoms with Crippen LogP contribution in [-0.4, -0.2) is 44.3 Å². The van der Waals surface area contributed by atoms with Crippen LogP contribution in [0.4, 0.5) is 11.4 Å². The lowest BCUT2D eigenvalue weighted by Gasteiger charge is -2.32. The fourth-order valence-electron chi connectivity index (χ4n) is 4.74. The Balaban J connectivity index is 1.28. The molecule has 5 rings (SSSR count). The zero-order valence-electron chi connectivity index (χ0n) is 18.6. The highest BCUT2D eigenvalue weighted by molar-refractivity contribution is 5.72. The quantitative estimate of drug-likeness (QED) is 0.510. The van der Waals surface area contributed by atoms with Crippen LogP contribution in [-0.2, 0) is 6.61 Å². The summed E-state index contributed by atoms with van der Waals surface area (Å²) in [6.07, 6.45) is 2.42. The molecule has 0 N–H and O–H groups in total. The predicted octanol–water partition coefficient (Wildman–Crippen LogP) is 5.27. The van der Waals surface area contributed by atoms with Gasteiger partial charge in [-0.3, -0.25) is 4.90 Å². The maximum absolute atomic E-state index is 6.14. The lowest BCUT2D eigenvalue weighted by molar-refractivity contribution is 0.199. The summed E-state index contributed by atoms with van der Waals surface area (Å²) < 4.78 is 17.4. The van der Waals surface area contributed by atoms with Crippen molar-refractivity contribution in [1.82, 2.24) is 4.90 Å². The normalized spacial score (nSPS) is 17.8. The van der Waals surface area contributed by atoms with Crippen molar-refractivity contribution < 1.29 is 14.2 Å². The number of fused-ring (bicyclic) bond motifs is 2. The van der Waals surface area contributed by atoms with Crippen LogP contribution in [0.5, 0.6) is 17.2 Å². The Kier molecular flexibility index (Phi) is 6.17. The molecule has 3 aromatic rings. The van der Waals surface area contributed by atoms with Crippen molar-refractivity contribution in [3.63, 3.8) is 0 Å². The van der Waals surface area contributed by atoms with Crippen molar-refractivity contribution in [3.05, 3.63) is 78.4 Å². The Bertz CT molecular complexity index is 990. The van der Waals surface area contributed by atoms with Gasteiger partial charge in [-0.05, 0) is 61.9 Å². The van der Waals surface area contributed by atoms with Gasteiger partial charge in [-0.2, -0.15) is 0 Å². The van der Waals surface area contributed by atoms with Crippen LogP contribution < -0.4 is 19.1 Å². The van der Waals surface area contributed by atoms with Crippen molar-refractivity contribution in [2.75, 3.05) is 38.3 Å². The molecule has 166 valence electrons. The molecule has 1 fully saturated rings. The molecule has 0 aliphatic carbocycles. The van der Waals surface area contributed by atoms with Crippen molar-refractivity contribution in [2.45, 2.75) is 25.5 Å². The number of para-hydroxylation sites is 3. The first-order chi connectivity index (χ1) is 15.8. The average Bonchev–Trinajstić information content (AvgIpc) is 3.22. The highest BCUT2D eigenvalue weighted by atomic mass is 16.5. The Hall–Kier alpha value is -3.18. The number of nitrogens with zero attached hydrogens (tertiary/aromatic N) is 2. The minimum absolute atomic E-state index is 0.480. The molecule has 5 nitrogen and oxygen atoms in total. The fraction of sp³-hybridized carbons (Fsp3) is 0.333. The molecule has 0 saturated carbocycles. The fourth-order valence-corrected chi connectivity index (χ4v) is 4.74. The minimum Gasteiger partial charge on any atom is -0.497 e. The van der Waals surface area contributed by atoms with Crippen LogP contribution in [0, 0.1) is 0 Å². The van der Waals surface area contributed by atoms with Crippen LogP contribution in [0.3, 0.4) is 0 Å². The largest absolute Gasteiger partial charge is 0.497 e. The summed E-state index contributed by atoms with van der Waals surface area (Å²) >= 11 is 0. The van der Waals surface area contributed by atoms with Gasteiger partial charge < -0.3 is 19.1 Å². The van der Waals surface area contributed by atoms with E-state index >= 15 is 0 Å². The van der Waals surface area contributed by atoms with E-state index < -0.39 is 0 Å². The molecular formula is C27H30N2O3. The second-order valence-corrected chi connectivity index (χ2v) is 8.35. The third kappa shape index (κ3) is 4.39. The molecule has 2 aliphatic heterocycles. The lowest BCUT2D eigenvalue weighted by Crippen LogP contribution is -2.40. The molecule has 0 spiro atoms. The molecule has 0 bridgehead atoms. The maximum Gasteiger partial charge on any atom is 0.143 e. The monoisotopic (exact) mass is 430 g/mol. The van der Waals surface area contributed by atoms with Crippen LogP contribution >= 0.6 is 0 Å². The number of hydrogen-bond acceptors (Lipinski definition) is 5. The predicted molar refractivity (Wildman–Crippen MR) is 127 cm³/mol. The van der Waals surface area contributed by atoms with Crippen LogP contribution in [0.2, 0.25) is 0 Å². The number of methoxy groups -OCH3 is 1. The first-order valence-electron chi connectivity index (χ1n) is 11.4. The molecular weight excluding hydrogens is 400 g/mol. The van der Waals surface area contributed by atoms with E-state index in [2.05, 4.69) is 52.3 Å². The highest BCUT2D eigenvalue weighted by Gasteiger charge is 2.29. The van der Waals surface area contributed by atoms with Gasteiger partial charge in [0.1, 0.15) is 30.5 Å². The molecule has 0 unspecified atom stereocenters. The second-order valence-electron chi connectivity index (χ2n) is 8.35. The lowest BCUT2D eigenvalue weighted by atomic mass is 10.1. The van der Waals surface area contributed by atoms with Crippen molar-refractivity contribution >= 4 is 11.4 Å². The highest BCUT2D eigenvalue weighted by Crippen LogP contribution is 2.40. The summed E-state index contributed by atoms with van der Waals surface area (Å²) in [6.45, 7) is 4.27. The van der Waals surface area contributed by atoms with E-state index in [0.717, 1.165) is 42.6 Å². The van der Waals surface area contributed by atoms with Crippen molar-refractivity contribution in [3.8, 4) is 17.2 Å². The smallest absolute Gasteiger partial charge is 0.143 e. The van der Waals surface area contributed by atoms with Gasteiger partial charge in [-0.15, -0.1) is 0 Å². The third-order valence-electron chi connectivity index (χ3n) is 6.42.